The van der Waals surface area contributed by atoms with E-state index in [4.69, 9.17) is 11.0 Å². The van der Waals surface area contributed by atoms with E-state index in [9.17, 15) is 4.79 Å². The molecule has 70 valence electrons. The molecule has 0 bridgehead atoms. The Hall–Kier alpha value is -0.610. The Morgan fingerprint density at radius 3 is 2.42 bits per heavy atom. The van der Waals surface area contributed by atoms with Gasteiger partial charge >= 0.3 is 5.97 Å². The van der Waals surface area contributed by atoms with Crippen molar-refractivity contribution in [2.45, 2.75) is 25.7 Å². The van der Waals surface area contributed by atoms with E-state index in [-0.39, 0.29) is 5.92 Å². The molecule has 1 saturated carbocycles. The normalized spacial score (nSPS) is 30.1. The summed E-state index contributed by atoms with van der Waals surface area (Å²) in [7, 11) is 0. The van der Waals surface area contributed by atoms with Crippen LogP contribution >= 0.6 is 0 Å². The van der Waals surface area contributed by atoms with Crippen molar-refractivity contribution in [3.8, 4) is 0 Å². The molecule has 0 aliphatic heterocycles. The van der Waals surface area contributed by atoms with Crippen LogP contribution in [0.1, 0.15) is 25.7 Å². The molecule has 1 aliphatic rings. The number of rotatable bonds is 3. The van der Waals surface area contributed by atoms with Crippen molar-refractivity contribution in [3.63, 3.8) is 0 Å². The standard InChI is InChI=1S/C8H15NO3/c9-12-5-6-1-3-7(4-2-6)8(10)11/h6-7H,1-5,9H2,(H,10,11). The second-order valence-electron chi connectivity index (χ2n) is 3.39. The first-order chi connectivity index (χ1) is 5.74. The Morgan fingerprint density at radius 1 is 1.42 bits per heavy atom. The molecule has 1 aliphatic carbocycles. The van der Waals surface area contributed by atoms with Gasteiger partial charge in [0.15, 0.2) is 0 Å². The maximum atomic E-state index is 10.6. The molecule has 0 aromatic rings. The molecular weight excluding hydrogens is 158 g/mol. The van der Waals surface area contributed by atoms with Crippen molar-refractivity contribution in [2.75, 3.05) is 6.61 Å². The lowest BCUT2D eigenvalue weighted by Crippen LogP contribution is -2.24. The Morgan fingerprint density at radius 2 is 2.00 bits per heavy atom. The molecule has 0 spiro atoms. The second kappa shape index (κ2) is 4.42. The van der Waals surface area contributed by atoms with Gasteiger partial charge in [-0.25, -0.2) is 5.90 Å². The lowest BCUT2D eigenvalue weighted by molar-refractivity contribution is -0.143. The predicted molar refractivity (Wildman–Crippen MR) is 43.2 cm³/mol. The Labute approximate surface area is 71.7 Å². The highest BCUT2D eigenvalue weighted by Gasteiger charge is 2.25. The van der Waals surface area contributed by atoms with Crippen molar-refractivity contribution < 1.29 is 14.7 Å². The van der Waals surface area contributed by atoms with Crippen LogP contribution in [0.15, 0.2) is 0 Å². The van der Waals surface area contributed by atoms with E-state index in [0.717, 1.165) is 25.7 Å². The van der Waals surface area contributed by atoms with E-state index in [1.165, 1.54) is 0 Å². The molecule has 3 N–H and O–H groups in total. The molecule has 0 aromatic carbocycles. The average molecular weight is 173 g/mol. The quantitative estimate of drug-likeness (QED) is 0.618. The van der Waals surface area contributed by atoms with Crippen LogP contribution in [0.3, 0.4) is 0 Å². The Kier molecular flexibility index (Phi) is 3.49. The van der Waals surface area contributed by atoms with Crippen LogP contribution in [0.25, 0.3) is 0 Å². The first-order valence-electron chi connectivity index (χ1n) is 4.28. The molecule has 1 rings (SSSR count). The number of hydrogen-bond donors (Lipinski definition) is 2. The number of carboxylic acids is 1. The largest absolute Gasteiger partial charge is 0.481 e. The van der Waals surface area contributed by atoms with E-state index in [0.29, 0.717) is 12.5 Å². The summed E-state index contributed by atoms with van der Waals surface area (Å²) in [6.45, 7) is 0.562. The summed E-state index contributed by atoms with van der Waals surface area (Å²) in [6.07, 6.45) is 3.38. The number of carboxylic acid groups (broad SMARTS) is 1. The zero-order valence-electron chi connectivity index (χ0n) is 7.03. The van der Waals surface area contributed by atoms with Crippen LogP contribution in [-0.2, 0) is 9.63 Å². The SMILES string of the molecule is NOCC1CCC(C(=O)O)CC1. The number of nitrogens with two attached hydrogens (primary N) is 1. The molecule has 0 aromatic heterocycles. The van der Waals surface area contributed by atoms with Gasteiger partial charge in [-0.1, -0.05) is 0 Å². The van der Waals surface area contributed by atoms with Crippen LogP contribution < -0.4 is 5.90 Å². The number of aliphatic carboxylic acids is 1. The topological polar surface area (TPSA) is 72.5 Å². The van der Waals surface area contributed by atoms with Gasteiger partial charge in [0.05, 0.1) is 12.5 Å². The summed E-state index contributed by atoms with van der Waals surface area (Å²) >= 11 is 0. The fraction of sp³-hybridized carbons (Fsp3) is 0.875. The van der Waals surface area contributed by atoms with Crippen LogP contribution in [0.4, 0.5) is 0 Å². The third-order valence-electron chi connectivity index (χ3n) is 2.53. The summed E-state index contributed by atoms with van der Waals surface area (Å²) in [4.78, 5) is 15.1. The lowest BCUT2D eigenvalue weighted by atomic mass is 9.82. The van der Waals surface area contributed by atoms with Gasteiger partial charge in [0, 0.05) is 0 Å². The van der Waals surface area contributed by atoms with E-state index in [1.807, 2.05) is 0 Å². The van der Waals surface area contributed by atoms with Crippen LogP contribution in [0.5, 0.6) is 0 Å². The molecule has 0 atom stereocenters. The maximum absolute atomic E-state index is 10.6. The third kappa shape index (κ3) is 2.46. The van der Waals surface area contributed by atoms with Crippen LogP contribution in [-0.4, -0.2) is 17.7 Å². The van der Waals surface area contributed by atoms with E-state index in [1.54, 1.807) is 0 Å². The molecule has 4 heteroatoms. The van der Waals surface area contributed by atoms with E-state index < -0.39 is 5.97 Å². The predicted octanol–water partition coefficient (Wildman–Crippen LogP) is 0.768. The minimum Gasteiger partial charge on any atom is -0.481 e. The van der Waals surface area contributed by atoms with Crippen LogP contribution in [0, 0.1) is 11.8 Å². The summed E-state index contributed by atoms with van der Waals surface area (Å²) in [5, 5.41) is 8.70. The van der Waals surface area contributed by atoms with E-state index in [2.05, 4.69) is 4.84 Å². The molecule has 12 heavy (non-hydrogen) atoms. The van der Waals surface area contributed by atoms with Crippen molar-refractivity contribution >= 4 is 5.97 Å². The molecule has 0 amide bonds. The summed E-state index contributed by atoms with van der Waals surface area (Å²) < 4.78 is 0. The lowest BCUT2D eigenvalue weighted by Gasteiger charge is -2.24. The monoisotopic (exact) mass is 173 g/mol. The van der Waals surface area contributed by atoms with Gasteiger partial charge in [0.2, 0.25) is 0 Å². The van der Waals surface area contributed by atoms with Gasteiger partial charge in [-0.05, 0) is 31.6 Å². The fourth-order valence-corrected chi connectivity index (χ4v) is 1.71. The smallest absolute Gasteiger partial charge is 0.306 e. The zero-order valence-corrected chi connectivity index (χ0v) is 7.03. The molecule has 0 heterocycles. The highest BCUT2D eigenvalue weighted by Crippen LogP contribution is 2.28. The van der Waals surface area contributed by atoms with Gasteiger partial charge in [0.1, 0.15) is 0 Å². The first kappa shape index (κ1) is 9.48. The average Bonchev–Trinajstić information content (AvgIpc) is 2.06. The van der Waals surface area contributed by atoms with Crippen LogP contribution in [0.2, 0.25) is 0 Å². The third-order valence-corrected chi connectivity index (χ3v) is 2.53. The summed E-state index contributed by atoms with van der Waals surface area (Å²) in [6, 6.07) is 0. The van der Waals surface area contributed by atoms with Gasteiger partial charge in [-0.3, -0.25) is 4.79 Å². The molecule has 0 radical (unpaired) electrons. The summed E-state index contributed by atoms with van der Waals surface area (Å²) in [5.41, 5.74) is 0. The van der Waals surface area contributed by atoms with Gasteiger partial charge in [-0.15, -0.1) is 0 Å². The molecule has 1 fully saturated rings. The van der Waals surface area contributed by atoms with Crippen molar-refractivity contribution in [1.82, 2.24) is 0 Å². The van der Waals surface area contributed by atoms with Gasteiger partial charge in [-0.2, -0.15) is 0 Å². The van der Waals surface area contributed by atoms with Crippen molar-refractivity contribution in [1.29, 1.82) is 0 Å². The molecule has 0 unspecified atom stereocenters. The molecule has 0 saturated heterocycles. The zero-order chi connectivity index (χ0) is 8.97. The minimum atomic E-state index is -0.665. The van der Waals surface area contributed by atoms with Gasteiger partial charge in [0.25, 0.3) is 0 Å². The van der Waals surface area contributed by atoms with Crippen molar-refractivity contribution in [3.05, 3.63) is 0 Å². The number of carbonyl (C=O) groups is 1. The maximum Gasteiger partial charge on any atom is 0.306 e. The molecular formula is C8H15NO3. The fourth-order valence-electron chi connectivity index (χ4n) is 1.71. The van der Waals surface area contributed by atoms with Gasteiger partial charge < -0.3 is 9.94 Å². The van der Waals surface area contributed by atoms with E-state index >= 15 is 0 Å². The van der Waals surface area contributed by atoms with Crippen molar-refractivity contribution in [2.24, 2.45) is 17.7 Å². The highest BCUT2D eigenvalue weighted by molar-refractivity contribution is 5.69. The highest BCUT2D eigenvalue weighted by atomic mass is 16.6. The first-order valence-corrected chi connectivity index (χ1v) is 4.28. The second-order valence-corrected chi connectivity index (χ2v) is 3.39. The summed E-state index contributed by atoms with van der Waals surface area (Å²) in [5.74, 6) is 4.60. The number of hydrogen-bond acceptors (Lipinski definition) is 3. The minimum absolute atomic E-state index is 0.140. The Bertz CT molecular complexity index is 152. The molecule has 4 nitrogen and oxygen atoms in total. The Balaban J connectivity index is 2.25.